The van der Waals surface area contributed by atoms with Gasteiger partial charge in [-0.2, -0.15) is 0 Å². The standard InChI is InChI=1S/C8H3BrClIS/c9-5-2-1-4-6(10)3-12-8(4)7(5)11/h1-3H. The van der Waals surface area contributed by atoms with E-state index in [1.807, 2.05) is 17.5 Å². The van der Waals surface area contributed by atoms with Gasteiger partial charge in [0.25, 0.3) is 0 Å². The van der Waals surface area contributed by atoms with Crippen LogP contribution in [-0.4, -0.2) is 0 Å². The van der Waals surface area contributed by atoms with E-state index in [0.717, 1.165) is 14.9 Å². The third-order valence-electron chi connectivity index (χ3n) is 1.59. The molecule has 0 unspecified atom stereocenters. The van der Waals surface area contributed by atoms with E-state index in [1.165, 1.54) is 8.27 Å². The van der Waals surface area contributed by atoms with Gasteiger partial charge < -0.3 is 0 Å². The number of fused-ring (bicyclic) bond motifs is 1. The molecule has 0 aliphatic heterocycles. The first kappa shape index (κ1) is 9.24. The topological polar surface area (TPSA) is 0 Å². The van der Waals surface area contributed by atoms with Crippen molar-refractivity contribution in [3.8, 4) is 0 Å². The van der Waals surface area contributed by atoms with Gasteiger partial charge in [0, 0.05) is 18.8 Å². The maximum Gasteiger partial charge on any atom is 0.0592 e. The summed E-state index contributed by atoms with van der Waals surface area (Å²) < 4.78 is 3.63. The normalized spacial score (nSPS) is 10.9. The van der Waals surface area contributed by atoms with Crippen LogP contribution in [0, 0.1) is 3.57 Å². The Kier molecular flexibility index (Phi) is 2.65. The van der Waals surface area contributed by atoms with Gasteiger partial charge in [0.15, 0.2) is 0 Å². The average Bonchev–Trinajstić information content (AvgIpc) is 2.41. The van der Waals surface area contributed by atoms with Crippen LogP contribution in [0.5, 0.6) is 0 Å². The van der Waals surface area contributed by atoms with E-state index in [1.54, 1.807) is 11.3 Å². The van der Waals surface area contributed by atoms with E-state index >= 15 is 0 Å². The Balaban J connectivity index is 2.93. The second-order valence-corrected chi connectivity index (χ2v) is 5.54. The highest BCUT2D eigenvalue weighted by atomic mass is 127. The van der Waals surface area contributed by atoms with Gasteiger partial charge in [-0.1, -0.05) is 17.7 Å². The molecular formula is C8H3BrClIS. The van der Waals surface area contributed by atoms with Crippen molar-refractivity contribution in [1.82, 2.24) is 0 Å². The second kappa shape index (κ2) is 3.44. The smallest absolute Gasteiger partial charge is 0.0592 e. The van der Waals surface area contributed by atoms with Crippen LogP contribution in [0.25, 0.3) is 10.1 Å². The molecule has 0 aliphatic rings. The quantitative estimate of drug-likeness (QED) is 0.575. The maximum atomic E-state index is 5.99. The number of rotatable bonds is 0. The minimum atomic E-state index is 0.848. The molecule has 2 rings (SSSR count). The molecule has 0 amide bonds. The third kappa shape index (κ3) is 1.41. The number of benzene rings is 1. The largest absolute Gasteiger partial charge is 0.141 e. The van der Waals surface area contributed by atoms with Crippen molar-refractivity contribution in [3.63, 3.8) is 0 Å². The van der Waals surface area contributed by atoms with Gasteiger partial charge in [0.2, 0.25) is 0 Å². The van der Waals surface area contributed by atoms with Crippen LogP contribution >= 0.6 is 61.5 Å². The van der Waals surface area contributed by atoms with E-state index < -0.39 is 0 Å². The molecule has 0 N–H and O–H groups in total. The zero-order chi connectivity index (χ0) is 8.72. The Labute approximate surface area is 101 Å². The lowest BCUT2D eigenvalue weighted by molar-refractivity contribution is 1.70. The fraction of sp³-hybridized carbons (Fsp3) is 0. The van der Waals surface area contributed by atoms with Gasteiger partial charge in [0.05, 0.1) is 9.72 Å². The van der Waals surface area contributed by atoms with Gasteiger partial charge in [0.1, 0.15) is 0 Å². The van der Waals surface area contributed by atoms with Crippen molar-refractivity contribution < 1.29 is 0 Å². The molecule has 0 saturated carbocycles. The SMILES string of the molecule is Clc1csc2c(I)c(Br)ccc12. The predicted octanol–water partition coefficient (Wildman–Crippen LogP) is 4.92. The predicted molar refractivity (Wildman–Crippen MR) is 67.3 cm³/mol. The van der Waals surface area contributed by atoms with Gasteiger partial charge in [-0.05, 0) is 44.6 Å². The highest BCUT2D eigenvalue weighted by molar-refractivity contribution is 14.1. The molecule has 0 fully saturated rings. The highest BCUT2D eigenvalue weighted by Gasteiger charge is 2.06. The molecule has 0 spiro atoms. The minimum absolute atomic E-state index is 0.848. The van der Waals surface area contributed by atoms with Crippen LogP contribution in [0.2, 0.25) is 5.02 Å². The van der Waals surface area contributed by atoms with Crippen LogP contribution in [0.1, 0.15) is 0 Å². The van der Waals surface area contributed by atoms with Crippen LogP contribution in [0.3, 0.4) is 0 Å². The average molecular weight is 373 g/mol. The summed E-state index contributed by atoms with van der Waals surface area (Å²) in [6.45, 7) is 0. The molecule has 2 aromatic rings. The van der Waals surface area contributed by atoms with Crippen LogP contribution in [-0.2, 0) is 0 Å². The van der Waals surface area contributed by atoms with Crippen molar-refractivity contribution in [3.05, 3.63) is 30.6 Å². The number of hydrogen-bond acceptors (Lipinski definition) is 1. The summed E-state index contributed by atoms with van der Waals surface area (Å²) in [5.74, 6) is 0. The summed E-state index contributed by atoms with van der Waals surface area (Å²) in [6.07, 6.45) is 0. The maximum absolute atomic E-state index is 5.99. The Bertz CT molecular complexity index is 438. The van der Waals surface area contributed by atoms with Crippen LogP contribution in [0.15, 0.2) is 22.0 Å². The highest BCUT2D eigenvalue weighted by Crippen LogP contribution is 2.36. The van der Waals surface area contributed by atoms with Crippen molar-refractivity contribution in [2.75, 3.05) is 0 Å². The summed E-state index contributed by atoms with van der Waals surface area (Å²) in [6, 6.07) is 4.07. The summed E-state index contributed by atoms with van der Waals surface area (Å²) >= 11 is 13.5. The van der Waals surface area contributed by atoms with Crippen molar-refractivity contribution >= 4 is 71.5 Å². The number of halogens is 3. The zero-order valence-corrected chi connectivity index (χ0v) is 11.1. The third-order valence-corrected chi connectivity index (χ3v) is 5.93. The Morgan fingerprint density at radius 3 is 2.92 bits per heavy atom. The first-order valence-electron chi connectivity index (χ1n) is 3.21. The van der Waals surface area contributed by atoms with Crippen molar-refractivity contribution in [2.45, 2.75) is 0 Å². The zero-order valence-electron chi connectivity index (χ0n) is 5.77. The minimum Gasteiger partial charge on any atom is -0.141 e. The van der Waals surface area contributed by atoms with Gasteiger partial charge in [-0.3, -0.25) is 0 Å². The van der Waals surface area contributed by atoms with E-state index in [2.05, 4.69) is 38.5 Å². The lowest BCUT2D eigenvalue weighted by Crippen LogP contribution is -1.73. The fourth-order valence-corrected chi connectivity index (χ4v) is 3.54. The summed E-state index contributed by atoms with van der Waals surface area (Å²) in [5.41, 5.74) is 0. The molecule has 0 aliphatic carbocycles. The lowest BCUT2D eigenvalue weighted by Gasteiger charge is -1.96. The molecule has 1 aromatic heterocycles. The molecule has 0 bridgehead atoms. The Morgan fingerprint density at radius 2 is 2.17 bits per heavy atom. The van der Waals surface area contributed by atoms with E-state index in [4.69, 9.17) is 11.6 Å². The Hall–Kier alpha value is 0.680. The summed E-state index contributed by atoms with van der Waals surface area (Å²) in [7, 11) is 0. The molecular weight excluding hydrogens is 370 g/mol. The molecule has 12 heavy (non-hydrogen) atoms. The Morgan fingerprint density at radius 1 is 1.42 bits per heavy atom. The number of thiophene rings is 1. The van der Waals surface area contributed by atoms with E-state index in [-0.39, 0.29) is 0 Å². The molecule has 62 valence electrons. The second-order valence-electron chi connectivity index (χ2n) is 2.32. The van der Waals surface area contributed by atoms with Gasteiger partial charge in [-0.25, -0.2) is 0 Å². The summed E-state index contributed by atoms with van der Waals surface area (Å²) in [4.78, 5) is 0. The first-order chi connectivity index (χ1) is 5.70. The summed E-state index contributed by atoms with van der Waals surface area (Å²) in [5, 5.41) is 3.97. The molecule has 0 nitrogen and oxygen atoms in total. The van der Waals surface area contributed by atoms with Gasteiger partial charge in [-0.15, -0.1) is 11.3 Å². The van der Waals surface area contributed by atoms with Crippen LogP contribution in [0.4, 0.5) is 0 Å². The monoisotopic (exact) mass is 372 g/mol. The first-order valence-corrected chi connectivity index (χ1v) is 6.34. The lowest BCUT2D eigenvalue weighted by atomic mass is 10.3. The van der Waals surface area contributed by atoms with Crippen molar-refractivity contribution in [1.29, 1.82) is 0 Å². The van der Waals surface area contributed by atoms with Gasteiger partial charge >= 0.3 is 0 Å². The molecule has 0 radical (unpaired) electrons. The molecule has 1 aromatic carbocycles. The number of hydrogen-bond donors (Lipinski definition) is 0. The molecule has 0 saturated heterocycles. The van der Waals surface area contributed by atoms with E-state index in [0.29, 0.717) is 0 Å². The molecule has 0 atom stereocenters. The fourth-order valence-electron chi connectivity index (χ4n) is 1.01. The van der Waals surface area contributed by atoms with Crippen LogP contribution < -0.4 is 0 Å². The van der Waals surface area contributed by atoms with E-state index in [9.17, 15) is 0 Å². The molecule has 1 heterocycles. The molecule has 4 heteroatoms. The van der Waals surface area contributed by atoms with Crippen molar-refractivity contribution in [2.24, 2.45) is 0 Å².